The van der Waals surface area contributed by atoms with Gasteiger partial charge in [0.05, 0.1) is 6.42 Å². The highest BCUT2D eigenvalue weighted by molar-refractivity contribution is 6.30. The molecule has 0 saturated carbocycles. The Morgan fingerprint density at radius 1 is 1.28 bits per heavy atom. The summed E-state index contributed by atoms with van der Waals surface area (Å²) in [5.41, 5.74) is 0.909. The predicted octanol–water partition coefficient (Wildman–Crippen LogP) is 3.51. The van der Waals surface area contributed by atoms with Gasteiger partial charge in [0.15, 0.2) is 5.96 Å². The van der Waals surface area contributed by atoms with Crippen LogP contribution in [0.2, 0.25) is 5.02 Å². The fourth-order valence-corrected chi connectivity index (χ4v) is 3.13. The summed E-state index contributed by atoms with van der Waals surface area (Å²) in [5.74, 6) is 0.358. The number of aliphatic imine (C=N–C) groups is 1. The van der Waals surface area contributed by atoms with Gasteiger partial charge in [-0.3, -0.25) is 4.99 Å². The lowest BCUT2D eigenvalue weighted by atomic mass is 9.74. The van der Waals surface area contributed by atoms with Crippen molar-refractivity contribution in [2.24, 2.45) is 4.99 Å². The van der Waals surface area contributed by atoms with Crippen LogP contribution in [0.25, 0.3) is 0 Å². The van der Waals surface area contributed by atoms with E-state index in [4.69, 9.17) is 16.3 Å². The highest BCUT2D eigenvalue weighted by Crippen LogP contribution is 2.35. The van der Waals surface area contributed by atoms with E-state index in [0.29, 0.717) is 30.7 Å². The molecule has 1 aromatic carbocycles. The molecule has 1 aromatic rings. The number of benzene rings is 1. The quantitative estimate of drug-likeness (QED) is 0.609. The standard InChI is InChI=1S/C17H23ClF3N3O/c1-22-15(23-8-5-17(19,20)21)24-12-16(6-9-25-10-7-16)13-3-2-4-14(18)11-13/h2-4,11H,5-10,12H2,1H3,(H2,22,23,24). The second kappa shape index (κ2) is 8.76. The van der Waals surface area contributed by atoms with Crippen molar-refractivity contribution in [1.82, 2.24) is 10.6 Å². The Labute approximate surface area is 150 Å². The van der Waals surface area contributed by atoms with Gasteiger partial charge in [-0.1, -0.05) is 23.7 Å². The summed E-state index contributed by atoms with van der Waals surface area (Å²) in [5, 5.41) is 6.53. The molecule has 0 unspecified atom stereocenters. The lowest BCUT2D eigenvalue weighted by Gasteiger charge is -2.38. The second-order valence-electron chi connectivity index (χ2n) is 6.12. The van der Waals surface area contributed by atoms with E-state index in [-0.39, 0.29) is 12.0 Å². The molecule has 8 heteroatoms. The van der Waals surface area contributed by atoms with Gasteiger partial charge in [0.25, 0.3) is 0 Å². The van der Waals surface area contributed by atoms with Crippen molar-refractivity contribution < 1.29 is 17.9 Å². The van der Waals surface area contributed by atoms with E-state index in [2.05, 4.69) is 15.6 Å². The maximum absolute atomic E-state index is 12.3. The second-order valence-corrected chi connectivity index (χ2v) is 6.56. The minimum absolute atomic E-state index is 0.190. The Morgan fingerprint density at radius 3 is 2.60 bits per heavy atom. The maximum atomic E-state index is 12.3. The minimum Gasteiger partial charge on any atom is -0.381 e. The normalized spacial score (nSPS) is 18.0. The van der Waals surface area contributed by atoms with E-state index >= 15 is 0 Å². The van der Waals surface area contributed by atoms with Gasteiger partial charge in [0.2, 0.25) is 0 Å². The van der Waals surface area contributed by atoms with Gasteiger partial charge < -0.3 is 15.4 Å². The van der Waals surface area contributed by atoms with Crippen LogP contribution in [0.4, 0.5) is 13.2 Å². The number of nitrogens with zero attached hydrogens (tertiary/aromatic N) is 1. The molecule has 0 aliphatic carbocycles. The minimum atomic E-state index is -4.19. The molecule has 2 rings (SSSR count). The SMILES string of the molecule is CN=C(NCCC(F)(F)F)NCC1(c2cccc(Cl)c2)CCOCC1. The van der Waals surface area contributed by atoms with Gasteiger partial charge in [-0.05, 0) is 30.5 Å². The highest BCUT2D eigenvalue weighted by atomic mass is 35.5. The number of hydrogen-bond donors (Lipinski definition) is 2. The van der Waals surface area contributed by atoms with Gasteiger partial charge >= 0.3 is 6.18 Å². The first-order valence-electron chi connectivity index (χ1n) is 8.20. The Balaban J connectivity index is 2.02. The molecule has 0 spiro atoms. The first kappa shape index (κ1) is 19.8. The zero-order valence-corrected chi connectivity index (χ0v) is 14.9. The zero-order chi connectivity index (χ0) is 18.3. The van der Waals surface area contributed by atoms with Crippen molar-refractivity contribution >= 4 is 17.6 Å². The number of hydrogen-bond acceptors (Lipinski definition) is 2. The van der Waals surface area contributed by atoms with E-state index in [0.717, 1.165) is 18.4 Å². The highest BCUT2D eigenvalue weighted by Gasteiger charge is 2.35. The lowest BCUT2D eigenvalue weighted by molar-refractivity contribution is -0.132. The number of nitrogens with one attached hydrogen (secondary N) is 2. The van der Waals surface area contributed by atoms with Crippen LogP contribution in [0.5, 0.6) is 0 Å². The zero-order valence-electron chi connectivity index (χ0n) is 14.1. The molecule has 140 valence electrons. The van der Waals surface area contributed by atoms with Crippen molar-refractivity contribution in [3.05, 3.63) is 34.9 Å². The first-order valence-corrected chi connectivity index (χ1v) is 8.57. The summed E-state index contributed by atoms with van der Waals surface area (Å²) >= 11 is 6.13. The van der Waals surface area contributed by atoms with Crippen LogP contribution in [-0.2, 0) is 10.2 Å². The Morgan fingerprint density at radius 2 is 2.00 bits per heavy atom. The summed E-state index contributed by atoms with van der Waals surface area (Å²) in [6.07, 6.45) is -3.48. The Kier molecular flexibility index (Phi) is 6.95. The van der Waals surface area contributed by atoms with Crippen LogP contribution in [0.1, 0.15) is 24.8 Å². The fourth-order valence-electron chi connectivity index (χ4n) is 2.94. The van der Waals surface area contributed by atoms with Crippen LogP contribution in [0, 0.1) is 0 Å². The molecule has 1 saturated heterocycles. The van der Waals surface area contributed by atoms with Crippen molar-refractivity contribution in [2.75, 3.05) is 33.4 Å². The average molecular weight is 378 g/mol. The average Bonchev–Trinajstić information content (AvgIpc) is 2.58. The van der Waals surface area contributed by atoms with Gasteiger partial charge in [-0.25, -0.2) is 0 Å². The van der Waals surface area contributed by atoms with Gasteiger partial charge in [0, 0.05) is 43.8 Å². The molecule has 1 heterocycles. The topological polar surface area (TPSA) is 45.7 Å². The van der Waals surface area contributed by atoms with Crippen LogP contribution >= 0.6 is 11.6 Å². The first-order chi connectivity index (χ1) is 11.8. The molecular formula is C17H23ClF3N3O. The van der Waals surface area contributed by atoms with Crippen LogP contribution in [0.3, 0.4) is 0 Å². The molecule has 0 atom stereocenters. The fraction of sp³-hybridized carbons (Fsp3) is 0.588. The van der Waals surface area contributed by atoms with Gasteiger partial charge in [0.1, 0.15) is 0 Å². The van der Waals surface area contributed by atoms with E-state index < -0.39 is 12.6 Å². The summed E-state index contributed by atoms with van der Waals surface area (Å²) < 4.78 is 42.3. The summed E-state index contributed by atoms with van der Waals surface area (Å²) in [4.78, 5) is 4.00. The summed E-state index contributed by atoms with van der Waals surface area (Å²) in [6, 6.07) is 7.70. The third-order valence-electron chi connectivity index (χ3n) is 4.41. The van der Waals surface area contributed by atoms with E-state index in [1.165, 1.54) is 0 Å². The molecule has 2 N–H and O–H groups in total. The smallest absolute Gasteiger partial charge is 0.381 e. The largest absolute Gasteiger partial charge is 0.390 e. The van der Waals surface area contributed by atoms with Crippen molar-refractivity contribution in [1.29, 1.82) is 0 Å². The third-order valence-corrected chi connectivity index (χ3v) is 4.64. The number of alkyl halides is 3. The molecule has 4 nitrogen and oxygen atoms in total. The Bertz CT molecular complexity index is 587. The molecular weight excluding hydrogens is 355 g/mol. The molecule has 0 aromatic heterocycles. The number of halogens is 4. The van der Waals surface area contributed by atoms with E-state index in [9.17, 15) is 13.2 Å². The van der Waals surface area contributed by atoms with Crippen molar-refractivity contribution in [3.8, 4) is 0 Å². The van der Waals surface area contributed by atoms with E-state index in [1.807, 2.05) is 24.3 Å². The molecule has 0 bridgehead atoms. The van der Waals surface area contributed by atoms with Crippen molar-refractivity contribution in [2.45, 2.75) is 30.9 Å². The molecule has 0 radical (unpaired) electrons. The van der Waals surface area contributed by atoms with E-state index in [1.54, 1.807) is 7.05 Å². The van der Waals surface area contributed by atoms with Crippen LogP contribution in [0.15, 0.2) is 29.3 Å². The molecule has 25 heavy (non-hydrogen) atoms. The number of ether oxygens (including phenoxy) is 1. The number of rotatable bonds is 5. The summed E-state index contributed by atoms with van der Waals surface area (Å²) in [7, 11) is 1.54. The molecule has 0 amide bonds. The molecule has 1 fully saturated rings. The summed E-state index contributed by atoms with van der Waals surface area (Å²) in [6.45, 7) is 1.60. The maximum Gasteiger partial charge on any atom is 0.390 e. The Hall–Kier alpha value is -1.47. The van der Waals surface area contributed by atoms with Crippen LogP contribution in [-0.4, -0.2) is 45.5 Å². The van der Waals surface area contributed by atoms with Crippen LogP contribution < -0.4 is 10.6 Å². The predicted molar refractivity (Wildman–Crippen MR) is 93.2 cm³/mol. The lowest BCUT2D eigenvalue weighted by Crippen LogP contribution is -2.48. The molecule has 1 aliphatic heterocycles. The van der Waals surface area contributed by atoms with Crippen molar-refractivity contribution in [3.63, 3.8) is 0 Å². The van der Waals surface area contributed by atoms with Gasteiger partial charge in [-0.2, -0.15) is 13.2 Å². The number of guanidine groups is 1. The molecule has 1 aliphatic rings. The van der Waals surface area contributed by atoms with Gasteiger partial charge in [-0.15, -0.1) is 0 Å². The third kappa shape index (κ3) is 6.08. The monoisotopic (exact) mass is 377 g/mol.